The van der Waals surface area contributed by atoms with Gasteiger partial charge in [-0.2, -0.15) is 0 Å². The van der Waals surface area contributed by atoms with Gasteiger partial charge >= 0.3 is 12.1 Å². The quantitative estimate of drug-likeness (QED) is 0.807. The van der Waals surface area contributed by atoms with Crippen LogP contribution in [0.25, 0.3) is 0 Å². The Bertz CT molecular complexity index is 684. The molecular formula is C19H25F2NO5. The van der Waals surface area contributed by atoms with Gasteiger partial charge in [-0.25, -0.2) is 18.4 Å². The molecule has 1 aliphatic heterocycles. The average molecular weight is 385 g/mol. The van der Waals surface area contributed by atoms with Crippen LogP contribution in [0.1, 0.15) is 45.6 Å². The number of amides is 1. The number of hydrogen-bond donors (Lipinski definition) is 1. The number of carbonyl (C=O) groups excluding carboxylic acids is 2. The second kappa shape index (κ2) is 8.21. The van der Waals surface area contributed by atoms with Gasteiger partial charge in [-0.1, -0.05) is 0 Å². The number of ether oxygens (including phenoxy) is 2. The molecule has 1 saturated heterocycles. The lowest BCUT2D eigenvalue weighted by Crippen LogP contribution is -2.48. The van der Waals surface area contributed by atoms with Crippen molar-refractivity contribution in [2.24, 2.45) is 0 Å². The predicted octanol–water partition coefficient (Wildman–Crippen LogP) is 2.98. The van der Waals surface area contributed by atoms with Crippen molar-refractivity contribution in [3.05, 3.63) is 35.4 Å². The maximum atomic E-state index is 13.6. The summed E-state index contributed by atoms with van der Waals surface area (Å²) in [5.41, 5.74) is -0.431. The highest BCUT2D eigenvalue weighted by atomic mass is 19.1. The van der Waals surface area contributed by atoms with E-state index in [0.29, 0.717) is 5.56 Å². The molecule has 0 unspecified atom stereocenters. The number of hydrogen-bond acceptors (Lipinski definition) is 5. The Kier molecular flexibility index (Phi) is 6.41. The van der Waals surface area contributed by atoms with E-state index in [0.717, 1.165) is 6.07 Å². The van der Waals surface area contributed by atoms with Gasteiger partial charge in [0, 0.05) is 18.5 Å². The molecule has 0 aromatic heterocycles. The first-order valence-electron chi connectivity index (χ1n) is 8.82. The van der Waals surface area contributed by atoms with E-state index in [9.17, 15) is 23.5 Å². The molecule has 0 spiro atoms. The Morgan fingerprint density at radius 2 is 1.85 bits per heavy atom. The van der Waals surface area contributed by atoms with Crippen molar-refractivity contribution in [1.29, 1.82) is 0 Å². The second-order valence-corrected chi connectivity index (χ2v) is 7.53. The zero-order chi connectivity index (χ0) is 20.4. The van der Waals surface area contributed by atoms with Crippen LogP contribution in [0.4, 0.5) is 13.6 Å². The van der Waals surface area contributed by atoms with Crippen LogP contribution in [0, 0.1) is 11.6 Å². The average Bonchev–Trinajstić information content (AvgIpc) is 2.97. The van der Waals surface area contributed by atoms with Gasteiger partial charge in [-0.3, -0.25) is 0 Å². The summed E-state index contributed by atoms with van der Waals surface area (Å²) in [6.45, 7) is 6.81. The van der Waals surface area contributed by atoms with Crippen LogP contribution >= 0.6 is 0 Å². The van der Waals surface area contributed by atoms with Crippen molar-refractivity contribution in [2.75, 3.05) is 13.2 Å². The molecule has 1 aromatic rings. The molecule has 0 aliphatic carbocycles. The fraction of sp³-hybridized carbons (Fsp3) is 0.579. The minimum absolute atomic E-state index is 0.0545. The van der Waals surface area contributed by atoms with Crippen LogP contribution < -0.4 is 0 Å². The normalized spacial score (nSPS) is 21.1. The van der Waals surface area contributed by atoms with Gasteiger partial charge in [0.05, 0.1) is 12.6 Å². The molecule has 1 heterocycles. The molecule has 0 bridgehead atoms. The summed E-state index contributed by atoms with van der Waals surface area (Å²) in [6, 6.07) is 2.20. The summed E-state index contributed by atoms with van der Waals surface area (Å²) in [6.07, 6.45) is -2.15. The first kappa shape index (κ1) is 21.1. The van der Waals surface area contributed by atoms with Crippen molar-refractivity contribution in [3.63, 3.8) is 0 Å². The Morgan fingerprint density at radius 3 is 2.37 bits per heavy atom. The lowest BCUT2D eigenvalue weighted by atomic mass is 9.94. The summed E-state index contributed by atoms with van der Waals surface area (Å²) in [7, 11) is 0. The Morgan fingerprint density at radius 1 is 1.26 bits per heavy atom. The fourth-order valence-corrected chi connectivity index (χ4v) is 3.13. The van der Waals surface area contributed by atoms with Crippen LogP contribution in [-0.4, -0.2) is 53.0 Å². The molecule has 1 fully saturated rings. The zero-order valence-electron chi connectivity index (χ0n) is 15.9. The lowest BCUT2D eigenvalue weighted by Gasteiger charge is -2.30. The molecule has 0 saturated carbocycles. The standard InChI is InChI=1S/C19H25F2NO5/c1-5-26-17(24)16(23)15-8-12(11-6-13(20)9-14(21)7-11)10-22(15)18(25)27-19(2,3)4/h6-7,9,12,15-16,23H,5,8,10H2,1-4H3/t12-,15+,16+/m1/s1. The van der Waals surface area contributed by atoms with E-state index in [1.54, 1.807) is 27.7 Å². The molecule has 1 aliphatic rings. The van der Waals surface area contributed by atoms with Gasteiger partial charge in [0.1, 0.15) is 17.2 Å². The van der Waals surface area contributed by atoms with E-state index in [1.807, 2.05) is 0 Å². The van der Waals surface area contributed by atoms with Crippen molar-refractivity contribution < 1.29 is 33.0 Å². The lowest BCUT2D eigenvalue weighted by molar-refractivity contribution is -0.156. The van der Waals surface area contributed by atoms with Gasteiger partial charge < -0.3 is 19.5 Å². The molecule has 1 aromatic carbocycles. The summed E-state index contributed by atoms with van der Waals surface area (Å²) in [5.74, 6) is -2.79. The molecule has 3 atom stereocenters. The van der Waals surface area contributed by atoms with Crippen LogP contribution in [0.3, 0.4) is 0 Å². The molecule has 1 N–H and O–H groups in total. The minimum atomic E-state index is -1.58. The highest BCUT2D eigenvalue weighted by molar-refractivity contribution is 5.77. The summed E-state index contributed by atoms with van der Waals surface area (Å²) in [4.78, 5) is 25.7. The predicted molar refractivity (Wildman–Crippen MR) is 93.1 cm³/mol. The first-order chi connectivity index (χ1) is 12.5. The number of halogens is 2. The monoisotopic (exact) mass is 385 g/mol. The van der Waals surface area contributed by atoms with Crippen LogP contribution in [0.2, 0.25) is 0 Å². The van der Waals surface area contributed by atoms with Gasteiger partial charge in [0.2, 0.25) is 0 Å². The number of nitrogens with zero attached hydrogens (tertiary/aromatic N) is 1. The van der Waals surface area contributed by atoms with E-state index >= 15 is 0 Å². The number of aliphatic hydroxyl groups excluding tert-OH is 1. The maximum absolute atomic E-state index is 13.6. The first-order valence-corrected chi connectivity index (χ1v) is 8.82. The zero-order valence-corrected chi connectivity index (χ0v) is 15.9. The Hall–Kier alpha value is -2.22. The third kappa shape index (κ3) is 5.38. The third-order valence-corrected chi connectivity index (χ3v) is 4.22. The van der Waals surface area contributed by atoms with Crippen LogP contribution in [0.15, 0.2) is 18.2 Å². The van der Waals surface area contributed by atoms with E-state index in [-0.39, 0.29) is 19.6 Å². The topological polar surface area (TPSA) is 76.1 Å². The number of aliphatic hydroxyl groups is 1. The highest BCUT2D eigenvalue weighted by Gasteiger charge is 2.44. The highest BCUT2D eigenvalue weighted by Crippen LogP contribution is 2.35. The van der Waals surface area contributed by atoms with Gasteiger partial charge in [-0.05, 0) is 51.8 Å². The summed E-state index contributed by atoms with van der Waals surface area (Å²) in [5, 5.41) is 10.4. The summed E-state index contributed by atoms with van der Waals surface area (Å²) >= 11 is 0. The van der Waals surface area contributed by atoms with Gasteiger partial charge in [-0.15, -0.1) is 0 Å². The van der Waals surface area contributed by atoms with Crippen molar-refractivity contribution in [3.8, 4) is 0 Å². The Labute approximate surface area is 157 Å². The number of esters is 1. The molecule has 2 rings (SSSR count). The SMILES string of the molecule is CCOC(=O)[C@@H](O)[C@@H]1C[C@@H](c2cc(F)cc(F)c2)CN1C(=O)OC(C)(C)C. The van der Waals surface area contributed by atoms with Gasteiger partial charge in [0.15, 0.2) is 6.10 Å². The molecule has 8 heteroatoms. The largest absolute Gasteiger partial charge is 0.464 e. The van der Waals surface area contributed by atoms with E-state index < -0.39 is 47.4 Å². The van der Waals surface area contributed by atoms with Crippen molar-refractivity contribution in [1.82, 2.24) is 4.90 Å². The number of rotatable bonds is 4. The van der Waals surface area contributed by atoms with Crippen molar-refractivity contribution >= 4 is 12.1 Å². The number of benzene rings is 1. The minimum Gasteiger partial charge on any atom is -0.464 e. The summed E-state index contributed by atoms with van der Waals surface area (Å²) < 4.78 is 37.3. The maximum Gasteiger partial charge on any atom is 0.410 e. The van der Waals surface area contributed by atoms with Crippen molar-refractivity contribution in [2.45, 2.75) is 57.8 Å². The van der Waals surface area contributed by atoms with E-state index in [1.165, 1.54) is 17.0 Å². The molecule has 0 radical (unpaired) electrons. The molecule has 27 heavy (non-hydrogen) atoms. The second-order valence-electron chi connectivity index (χ2n) is 7.53. The number of carbonyl (C=O) groups is 2. The van der Waals surface area contributed by atoms with Crippen LogP contribution in [0.5, 0.6) is 0 Å². The fourth-order valence-electron chi connectivity index (χ4n) is 3.13. The molecular weight excluding hydrogens is 360 g/mol. The smallest absolute Gasteiger partial charge is 0.410 e. The van der Waals surface area contributed by atoms with E-state index in [4.69, 9.17) is 9.47 Å². The van der Waals surface area contributed by atoms with E-state index in [2.05, 4.69) is 0 Å². The third-order valence-electron chi connectivity index (χ3n) is 4.22. The van der Waals surface area contributed by atoms with Crippen LogP contribution in [-0.2, 0) is 14.3 Å². The molecule has 1 amide bonds. The Balaban J connectivity index is 2.29. The number of likely N-dealkylation sites (tertiary alicyclic amines) is 1. The molecule has 150 valence electrons. The van der Waals surface area contributed by atoms with Gasteiger partial charge in [0.25, 0.3) is 0 Å². The molecule has 6 nitrogen and oxygen atoms in total.